The molecule has 0 aliphatic heterocycles. The summed E-state index contributed by atoms with van der Waals surface area (Å²) in [7, 11) is 0. The van der Waals surface area contributed by atoms with Crippen LogP contribution in [0.15, 0.2) is 29.1 Å². The molecule has 0 aliphatic carbocycles. The van der Waals surface area contributed by atoms with Crippen LogP contribution in [0.2, 0.25) is 5.15 Å². The molecule has 0 radical (unpaired) electrons. The van der Waals surface area contributed by atoms with Gasteiger partial charge in [0.25, 0.3) is 5.56 Å². The van der Waals surface area contributed by atoms with E-state index < -0.39 is 6.67 Å². The second kappa shape index (κ2) is 5.57. The number of fused-ring (bicyclic) bond motifs is 1. The summed E-state index contributed by atoms with van der Waals surface area (Å²) in [5.74, 6) is 0. The zero-order valence-corrected chi connectivity index (χ0v) is 13.0. The number of rotatable bonds is 3. The van der Waals surface area contributed by atoms with E-state index >= 15 is 0 Å². The number of nitrogens with one attached hydrogen (secondary N) is 1. The maximum absolute atomic E-state index is 13.0. The molecule has 4 nitrogen and oxygen atoms in total. The van der Waals surface area contributed by atoms with E-state index in [-0.39, 0.29) is 10.7 Å². The van der Waals surface area contributed by atoms with Crippen molar-refractivity contribution in [3.8, 4) is 0 Å². The average molecular weight is 320 g/mol. The van der Waals surface area contributed by atoms with Crippen molar-refractivity contribution < 1.29 is 4.39 Å². The second-order valence-electron chi connectivity index (χ2n) is 5.30. The molecule has 6 heteroatoms. The molecule has 1 aromatic carbocycles. The quantitative estimate of drug-likeness (QED) is 0.753. The van der Waals surface area contributed by atoms with Gasteiger partial charge in [-0.2, -0.15) is 0 Å². The lowest BCUT2D eigenvalue weighted by atomic mass is 9.97. The fourth-order valence-corrected chi connectivity index (χ4v) is 2.82. The fourth-order valence-electron chi connectivity index (χ4n) is 2.64. The van der Waals surface area contributed by atoms with Gasteiger partial charge in [0.2, 0.25) is 0 Å². The number of hydrogen-bond acceptors (Lipinski definition) is 2. The SMILES string of the molecule is Cc1[nH]n2c(=O)cc(Cl)nc2c1Cc1cccc(CF)c1C. The average Bonchev–Trinajstić information content (AvgIpc) is 2.78. The highest BCUT2D eigenvalue weighted by Crippen LogP contribution is 2.22. The third-order valence-corrected chi connectivity index (χ3v) is 4.15. The van der Waals surface area contributed by atoms with Crippen molar-refractivity contribution in [1.82, 2.24) is 14.6 Å². The molecule has 22 heavy (non-hydrogen) atoms. The van der Waals surface area contributed by atoms with Gasteiger partial charge in [-0.05, 0) is 30.5 Å². The van der Waals surface area contributed by atoms with E-state index in [2.05, 4.69) is 10.1 Å². The summed E-state index contributed by atoms with van der Waals surface area (Å²) in [6, 6.07) is 6.85. The zero-order chi connectivity index (χ0) is 15.9. The number of nitrogens with zero attached hydrogens (tertiary/aromatic N) is 2. The van der Waals surface area contributed by atoms with Crippen LogP contribution in [0.25, 0.3) is 5.65 Å². The minimum Gasteiger partial charge on any atom is -0.294 e. The van der Waals surface area contributed by atoms with Crippen LogP contribution in [0.4, 0.5) is 4.39 Å². The van der Waals surface area contributed by atoms with Crippen molar-refractivity contribution in [3.05, 3.63) is 67.7 Å². The molecule has 0 spiro atoms. The molecule has 0 amide bonds. The Kier molecular flexibility index (Phi) is 3.74. The Morgan fingerprint density at radius 2 is 2.05 bits per heavy atom. The molecule has 0 aliphatic rings. The molecule has 0 saturated heterocycles. The molecule has 0 saturated carbocycles. The Hall–Kier alpha value is -2.14. The largest absolute Gasteiger partial charge is 0.294 e. The molecule has 0 unspecified atom stereocenters. The molecule has 1 N–H and O–H groups in total. The summed E-state index contributed by atoms with van der Waals surface area (Å²) < 4.78 is 14.4. The first-order valence-corrected chi connectivity index (χ1v) is 7.29. The molecule has 0 bridgehead atoms. The monoisotopic (exact) mass is 319 g/mol. The number of aryl methyl sites for hydroxylation is 1. The summed E-state index contributed by atoms with van der Waals surface area (Å²) in [5, 5.41) is 3.17. The van der Waals surface area contributed by atoms with Crippen LogP contribution >= 0.6 is 11.6 Å². The van der Waals surface area contributed by atoms with Gasteiger partial charge in [-0.15, -0.1) is 0 Å². The number of halogens is 2. The minimum atomic E-state index is -0.490. The lowest BCUT2D eigenvalue weighted by Crippen LogP contribution is -2.13. The summed E-state index contributed by atoms with van der Waals surface area (Å²) in [4.78, 5) is 16.2. The van der Waals surface area contributed by atoms with Crippen molar-refractivity contribution in [2.75, 3.05) is 0 Å². The van der Waals surface area contributed by atoms with Gasteiger partial charge in [0.15, 0.2) is 5.65 Å². The number of alkyl halides is 1. The van der Waals surface area contributed by atoms with Crippen LogP contribution in [0.5, 0.6) is 0 Å². The third-order valence-electron chi connectivity index (χ3n) is 3.96. The number of H-pyrrole nitrogens is 1. The highest BCUT2D eigenvalue weighted by atomic mass is 35.5. The van der Waals surface area contributed by atoms with Gasteiger partial charge in [-0.1, -0.05) is 29.8 Å². The van der Waals surface area contributed by atoms with E-state index in [9.17, 15) is 9.18 Å². The van der Waals surface area contributed by atoms with Crippen LogP contribution in [-0.4, -0.2) is 14.6 Å². The summed E-state index contributed by atoms with van der Waals surface area (Å²) >= 11 is 5.90. The van der Waals surface area contributed by atoms with Crippen molar-refractivity contribution in [1.29, 1.82) is 0 Å². The molecule has 0 atom stereocenters. The maximum atomic E-state index is 13.0. The molecular formula is C16H15ClFN3O. The van der Waals surface area contributed by atoms with Gasteiger partial charge in [-0.3, -0.25) is 9.89 Å². The van der Waals surface area contributed by atoms with Crippen LogP contribution in [0.1, 0.15) is 27.9 Å². The van der Waals surface area contributed by atoms with E-state index in [1.165, 1.54) is 10.6 Å². The number of aromatic nitrogens is 3. The predicted molar refractivity (Wildman–Crippen MR) is 84.4 cm³/mol. The lowest BCUT2D eigenvalue weighted by Gasteiger charge is -2.09. The molecule has 0 fully saturated rings. The van der Waals surface area contributed by atoms with E-state index in [1.54, 1.807) is 6.07 Å². The Balaban J connectivity index is 2.16. The van der Waals surface area contributed by atoms with Gasteiger partial charge in [0, 0.05) is 23.7 Å². The van der Waals surface area contributed by atoms with Crippen molar-refractivity contribution in [3.63, 3.8) is 0 Å². The Morgan fingerprint density at radius 1 is 1.32 bits per heavy atom. The highest BCUT2D eigenvalue weighted by molar-refractivity contribution is 6.29. The van der Waals surface area contributed by atoms with E-state index in [4.69, 9.17) is 11.6 Å². The zero-order valence-electron chi connectivity index (χ0n) is 12.3. The van der Waals surface area contributed by atoms with Gasteiger partial charge >= 0.3 is 0 Å². The van der Waals surface area contributed by atoms with Crippen molar-refractivity contribution in [2.45, 2.75) is 26.9 Å². The van der Waals surface area contributed by atoms with Crippen molar-refractivity contribution >= 4 is 17.2 Å². The summed E-state index contributed by atoms with van der Waals surface area (Å²) in [6.45, 7) is 3.29. The molecule has 2 heterocycles. The smallest absolute Gasteiger partial charge is 0.274 e. The lowest BCUT2D eigenvalue weighted by molar-refractivity contribution is 0.483. The standard InChI is InChI=1S/C16H15ClFN3O/c1-9-11(4-3-5-12(9)8-18)6-13-10(2)20-21-15(22)7-14(17)19-16(13)21/h3-5,7,20H,6,8H2,1-2H3. The molecule has 3 rings (SSSR count). The fraction of sp³-hybridized carbons (Fsp3) is 0.250. The Morgan fingerprint density at radius 3 is 2.77 bits per heavy atom. The van der Waals surface area contributed by atoms with Gasteiger partial charge in [-0.25, -0.2) is 13.9 Å². The number of hydrogen-bond donors (Lipinski definition) is 1. The van der Waals surface area contributed by atoms with E-state index in [1.807, 2.05) is 26.0 Å². The second-order valence-corrected chi connectivity index (χ2v) is 5.69. The first-order valence-electron chi connectivity index (χ1n) is 6.91. The topological polar surface area (TPSA) is 50.2 Å². The summed E-state index contributed by atoms with van der Waals surface area (Å²) in [6.07, 6.45) is 0.561. The van der Waals surface area contributed by atoms with Crippen LogP contribution in [0.3, 0.4) is 0 Å². The number of aromatic amines is 1. The predicted octanol–water partition coefficient (Wildman–Crippen LogP) is 3.35. The van der Waals surface area contributed by atoms with Gasteiger partial charge in [0.05, 0.1) is 0 Å². The van der Waals surface area contributed by atoms with E-state index in [0.29, 0.717) is 17.6 Å². The van der Waals surface area contributed by atoms with Crippen LogP contribution in [0, 0.1) is 13.8 Å². The Labute approximate surface area is 131 Å². The van der Waals surface area contributed by atoms with Gasteiger partial charge < -0.3 is 0 Å². The van der Waals surface area contributed by atoms with Crippen LogP contribution < -0.4 is 5.56 Å². The molecular weight excluding hydrogens is 305 g/mol. The first kappa shape index (κ1) is 14.8. The highest BCUT2D eigenvalue weighted by Gasteiger charge is 2.14. The molecule has 3 aromatic rings. The first-order chi connectivity index (χ1) is 10.5. The normalized spacial score (nSPS) is 11.3. The minimum absolute atomic E-state index is 0.166. The van der Waals surface area contributed by atoms with Crippen molar-refractivity contribution in [2.24, 2.45) is 0 Å². The molecule has 2 aromatic heterocycles. The van der Waals surface area contributed by atoms with Crippen LogP contribution in [-0.2, 0) is 13.1 Å². The summed E-state index contributed by atoms with van der Waals surface area (Å²) in [5.41, 5.74) is 4.61. The maximum Gasteiger partial charge on any atom is 0.274 e. The third kappa shape index (κ3) is 2.41. The molecule has 114 valence electrons. The van der Waals surface area contributed by atoms with E-state index in [0.717, 1.165) is 22.4 Å². The van der Waals surface area contributed by atoms with Gasteiger partial charge in [0.1, 0.15) is 11.8 Å². The Bertz CT molecular complexity index is 914. The number of benzene rings is 1.